The van der Waals surface area contributed by atoms with Crippen molar-refractivity contribution in [1.29, 1.82) is 0 Å². The first-order chi connectivity index (χ1) is 13.4. The van der Waals surface area contributed by atoms with E-state index in [1.807, 2.05) is 25.3 Å². The van der Waals surface area contributed by atoms with Gasteiger partial charge in [-0.3, -0.25) is 4.57 Å². The van der Waals surface area contributed by atoms with Crippen molar-refractivity contribution in [3.05, 3.63) is 12.7 Å². The number of anilines is 1. The van der Waals surface area contributed by atoms with Crippen LogP contribution in [0.2, 0.25) is 0 Å². The molecule has 5 rings (SSSR count). The summed E-state index contributed by atoms with van der Waals surface area (Å²) in [5.41, 5.74) is 0.760. The third kappa shape index (κ3) is 2.81. The molecule has 2 aromatic rings. The molecule has 1 saturated carbocycles. The second kappa shape index (κ2) is 6.52. The molecule has 2 aliphatic heterocycles. The van der Waals surface area contributed by atoms with Crippen molar-refractivity contribution in [1.82, 2.24) is 19.5 Å². The number of imidazole rings is 1. The molecule has 3 fully saturated rings. The fourth-order valence-electron chi connectivity index (χ4n) is 4.89. The first-order valence-electron chi connectivity index (χ1n) is 9.95. The Morgan fingerprint density at radius 3 is 2.75 bits per heavy atom. The molecular formula is C19H26ClN5O3. The zero-order chi connectivity index (χ0) is 19.5. The first-order valence-corrected chi connectivity index (χ1v) is 10.5. The van der Waals surface area contributed by atoms with E-state index in [-0.39, 0.29) is 12.2 Å². The van der Waals surface area contributed by atoms with Crippen LogP contribution in [0.5, 0.6) is 0 Å². The summed E-state index contributed by atoms with van der Waals surface area (Å²) >= 11 is 6.17. The Labute approximate surface area is 168 Å². The number of nitrogens with zero attached hydrogens (tertiary/aromatic N) is 4. The summed E-state index contributed by atoms with van der Waals surface area (Å²) in [5.74, 6) is 0.395. The minimum atomic E-state index is -0.702. The number of aromatic nitrogens is 4. The van der Waals surface area contributed by atoms with Crippen LogP contribution in [0.25, 0.3) is 11.2 Å². The quantitative estimate of drug-likeness (QED) is 0.779. The second-order valence-electron chi connectivity index (χ2n) is 8.58. The third-order valence-corrected chi connectivity index (χ3v) is 6.34. The Morgan fingerprint density at radius 1 is 1.21 bits per heavy atom. The minimum absolute atomic E-state index is 0.264. The van der Waals surface area contributed by atoms with Crippen LogP contribution in [0.15, 0.2) is 12.7 Å². The highest BCUT2D eigenvalue weighted by Crippen LogP contribution is 2.51. The van der Waals surface area contributed by atoms with E-state index in [9.17, 15) is 0 Å². The molecule has 0 aromatic carbocycles. The highest BCUT2D eigenvalue weighted by molar-refractivity contribution is 6.18. The Kier molecular flexibility index (Phi) is 4.32. The van der Waals surface area contributed by atoms with Crippen molar-refractivity contribution in [2.75, 3.05) is 11.2 Å². The fourth-order valence-corrected chi connectivity index (χ4v) is 5.13. The molecule has 28 heavy (non-hydrogen) atoms. The maximum atomic E-state index is 6.30. The van der Waals surface area contributed by atoms with Crippen LogP contribution in [-0.4, -0.2) is 55.0 Å². The number of ether oxygens (including phenoxy) is 3. The second-order valence-corrected chi connectivity index (χ2v) is 8.89. The minimum Gasteiger partial charge on any atom is -0.365 e. The number of hydrogen-bond donors (Lipinski definition) is 1. The highest BCUT2D eigenvalue weighted by Gasteiger charge is 2.64. The molecule has 152 valence electrons. The lowest BCUT2D eigenvalue weighted by molar-refractivity contribution is -0.212. The maximum Gasteiger partial charge on any atom is 0.168 e. The van der Waals surface area contributed by atoms with Crippen LogP contribution in [0.1, 0.15) is 52.7 Å². The summed E-state index contributed by atoms with van der Waals surface area (Å²) in [6, 6.07) is 0.445. The van der Waals surface area contributed by atoms with Gasteiger partial charge in [-0.2, -0.15) is 0 Å². The van der Waals surface area contributed by atoms with E-state index in [1.54, 1.807) is 12.7 Å². The molecule has 4 heterocycles. The molecule has 0 spiro atoms. The van der Waals surface area contributed by atoms with Gasteiger partial charge in [-0.25, -0.2) is 15.0 Å². The van der Waals surface area contributed by atoms with E-state index in [1.165, 1.54) is 12.8 Å². The lowest BCUT2D eigenvalue weighted by Gasteiger charge is -2.30. The predicted molar refractivity (Wildman–Crippen MR) is 104 cm³/mol. The molecule has 1 N–H and O–H groups in total. The van der Waals surface area contributed by atoms with E-state index in [4.69, 9.17) is 25.8 Å². The zero-order valence-electron chi connectivity index (χ0n) is 16.4. The van der Waals surface area contributed by atoms with Crippen LogP contribution in [0.4, 0.5) is 5.82 Å². The van der Waals surface area contributed by atoms with Gasteiger partial charge in [0.15, 0.2) is 29.0 Å². The third-order valence-electron chi connectivity index (χ3n) is 6.03. The Morgan fingerprint density at radius 2 is 2.00 bits per heavy atom. The van der Waals surface area contributed by atoms with Crippen LogP contribution in [-0.2, 0) is 14.2 Å². The predicted octanol–water partition coefficient (Wildman–Crippen LogP) is 3.23. The monoisotopic (exact) mass is 407 g/mol. The summed E-state index contributed by atoms with van der Waals surface area (Å²) < 4.78 is 20.6. The number of alkyl halides is 1. The van der Waals surface area contributed by atoms with E-state index in [2.05, 4.69) is 20.3 Å². The molecular weight excluding hydrogens is 382 g/mol. The molecule has 0 bridgehead atoms. The van der Waals surface area contributed by atoms with Gasteiger partial charge in [0.1, 0.15) is 24.1 Å². The molecule has 0 unspecified atom stereocenters. The molecule has 1 aliphatic carbocycles. The maximum absolute atomic E-state index is 6.30. The average molecular weight is 408 g/mol. The van der Waals surface area contributed by atoms with Crippen LogP contribution < -0.4 is 5.32 Å². The van der Waals surface area contributed by atoms with Crippen molar-refractivity contribution >= 4 is 28.6 Å². The fraction of sp³-hybridized carbons (Fsp3) is 0.737. The summed E-state index contributed by atoms with van der Waals surface area (Å²) in [5, 5.41) is 3.53. The van der Waals surface area contributed by atoms with Crippen molar-refractivity contribution in [3.8, 4) is 0 Å². The van der Waals surface area contributed by atoms with Crippen molar-refractivity contribution in [3.63, 3.8) is 0 Å². The molecule has 2 aromatic heterocycles. The van der Waals surface area contributed by atoms with Crippen molar-refractivity contribution < 1.29 is 14.2 Å². The van der Waals surface area contributed by atoms with Gasteiger partial charge in [0.25, 0.3) is 0 Å². The van der Waals surface area contributed by atoms with Crippen LogP contribution in [0.3, 0.4) is 0 Å². The molecule has 4 atom stereocenters. The normalized spacial score (nSPS) is 34.9. The molecule has 9 heteroatoms. The van der Waals surface area contributed by atoms with Crippen LogP contribution >= 0.6 is 11.6 Å². The summed E-state index contributed by atoms with van der Waals surface area (Å²) in [6.45, 7) is 5.84. The molecule has 0 radical (unpaired) electrons. The molecule has 8 nitrogen and oxygen atoms in total. The van der Waals surface area contributed by atoms with Crippen LogP contribution in [0, 0.1) is 0 Å². The smallest absolute Gasteiger partial charge is 0.168 e. The lowest BCUT2D eigenvalue weighted by Crippen LogP contribution is -2.41. The SMILES string of the molecule is CC1(C)O[C@@H]2[C@@H](CCl)O[C@@H](n3cnc4c(NC5CCCC5)ncnc43)[C@]2(C)O1. The average Bonchev–Trinajstić information content (AvgIpc) is 3.38. The van der Waals surface area contributed by atoms with Gasteiger partial charge in [-0.1, -0.05) is 12.8 Å². The Hall–Kier alpha value is -1.48. The largest absolute Gasteiger partial charge is 0.365 e. The summed E-state index contributed by atoms with van der Waals surface area (Å²) in [4.78, 5) is 13.5. The molecule has 3 aliphatic rings. The summed E-state index contributed by atoms with van der Waals surface area (Å²) in [6.07, 6.45) is 7.17. The molecule has 2 saturated heterocycles. The van der Waals surface area contributed by atoms with Gasteiger partial charge in [-0.15, -0.1) is 11.6 Å². The van der Waals surface area contributed by atoms with E-state index < -0.39 is 17.6 Å². The van der Waals surface area contributed by atoms with Gasteiger partial charge in [0.05, 0.1) is 12.2 Å². The number of nitrogens with one attached hydrogen (secondary N) is 1. The highest BCUT2D eigenvalue weighted by atomic mass is 35.5. The van der Waals surface area contributed by atoms with E-state index >= 15 is 0 Å². The number of rotatable bonds is 4. The zero-order valence-corrected chi connectivity index (χ0v) is 17.1. The topological polar surface area (TPSA) is 83.3 Å². The number of fused-ring (bicyclic) bond motifs is 2. The van der Waals surface area contributed by atoms with E-state index in [0.29, 0.717) is 17.6 Å². The van der Waals surface area contributed by atoms with Crippen molar-refractivity contribution in [2.24, 2.45) is 0 Å². The summed E-state index contributed by atoms with van der Waals surface area (Å²) in [7, 11) is 0. The van der Waals surface area contributed by atoms with Gasteiger partial charge in [0, 0.05) is 6.04 Å². The van der Waals surface area contributed by atoms with Gasteiger partial charge in [-0.05, 0) is 33.6 Å². The number of hydrogen-bond acceptors (Lipinski definition) is 7. The van der Waals surface area contributed by atoms with Gasteiger partial charge in [0.2, 0.25) is 0 Å². The van der Waals surface area contributed by atoms with Crippen molar-refractivity contribution in [2.45, 2.75) is 82.3 Å². The van der Waals surface area contributed by atoms with E-state index in [0.717, 1.165) is 24.2 Å². The number of halogens is 1. The van der Waals surface area contributed by atoms with Gasteiger partial charge >= 0.3 is 0 Å². The molecule has 0 amide bonds. The lowest BCUT2D eigenvalue weighted by atomic mass is 9.97. The van der Waals surface area contributed by atoms with Gasteiger partial charge < -0.3 is 19.5 Å². The first kappa shape index (κ1) is 18.5. The Bertz CT molecular complexity index is 884. The standard InChI is InChI=1S/C19H26ClN5O3/c1-18(2)27-14-12(8-20)26-17(19(14,3)28-18)25-10-23-13-15(21-9-22-16(13)25)24-11-6-4-5-7-11/h9-12,14,17H,4-8H2,1-3H3,(H,21,22,24)/t12-,14-,17-,19-/m1/s1. The Balaban J connectivity index is 1.52.